The number of nitro benzene ring substituents is 1. The molecule has 3 rings (SSSR count). The predicted octanol–water partition coefficient (Wildman–Crippen LogP) is 6.19. The maximum atomic E-state index is 10.9. The molecule has 0 fully saturated rings. The van der Waals surface area contributed by atoms with Crippen LogP contribution in [0.15, 0.2) is 70.3 Å². The van der Waals surface area contributed by atoms with Gasteiger partial charge in [-0.2, -0.15) is 0 Å². The van der Waals surface area contributed by atoms with E-state index in [1.54, 1.807) is 18.3 Å². The minimum Gasteiger partial charge on any atom is -0.490 e. The van der Waals surface area contributed by atoms with Crippen molar-refractivity contribution in [2.45, 2.75) is 27.1 Å². The summed E-state index contributed by atoms with van der Waals surface area (Å²) in [7, 11) is 0. The summed E-state index contributed by atoms with van der Waals surface area (Å²) >= 11 is 3.55. The Balaban J connectivity index is 1.68. The van der Waals surface area contributed by atoms with E-state index in [4.69, 9.17) is 14.3 Å². The molecule has 3 aromatic rings. The molecule has 0 heterocycles. The monoisotopic (exact) mass is 498 g/mol. The molecule has 0 atom stereocenters. The molecule has 32 heavy (non-hydrogen) atoms. The van der Waals surface area contributed by atoms with Gasteiger partial charge in [0.25, 0.3) is 5.69 Å². The van der Waals surface area contributed by atoms with Crippen LogP contribution in [0.2, 0.25) is 0 Å². The Labute approximate surface area is 194 Å². The number of aryl methyl sites for hydroxylation is 1. The molecule has 8 heteroatoms. The average Bonchev–Trinajstić information content (AvgIpc) is 2.76. The lowest BCUT2D eigenvalue weighted by molar-refractivity contribution is -0.384. The summed E-state index contributed by atoms with van der Waals surface area (Å²) < 4.78 is 12.5. The number of nitro groups is 1. The van der Waals surface area contributed by atoms with E-state index >= 15 is 0 Å². The van der Waals surface area contributed by atoms with Gasteiger partial charge in [0.2, 0.25) is 0 Å². The summed E-state index contributed by atoms with van der Waals surface area (Å²) in [6.45, 7) is 4.97. The van der Waals surface area contributed by atoms with E-state index in [9.17, 15) is 10.1 Å². The Morgan fingerprint density at radius 3 is 2.50 bits per heavy atom. The minimum atomic E-state index is -0.442. The van der Waals surface area contributed by atoms with Gasteiger partial charge in [0.05, 0.1) is 22.2 Å². The van der Waals surface area contributed by atoms with Gasteiger partial charge in [0.1, 0.15) is 13.2 Å². The van der Waals surface area contributed by atoms with Gasteiger partial charge in [0, 0.05) is 17.7 Å². The largest absolute Gasteiger partial charge is 0.490 e. The molecular formula is C24H23BrN2O5. The molecule has 0 unspecified atom stereocenters. The predicted molar refractivity (Wildman–Crippen MR) is 126 cm³/mol. The summed E-state index contributed by atoms with van der Waals surface area (Å²) in [5.74, 6) is 1.21. The molecule has 3 aromatic carbocycles. The second kappa shape index (κ2) is 11.3. The third-order valence-corrected chi connectivity index (χ3v) is 5.02. The van der Waals surface area contributed by atoms with E-state index in [2.05, 4.69) is 27.2 Å². The number of benzene rings is 3. The summed E-state index contributed by atoms with van der Waals surface area (Å²) in [4.78, 5) is 15.7. The second-order valence-corrected chi connectivity index (χ2v) is 7.83. The third-order valence-electron chi connectivity index (χ3n) is 4.43. The van der Waals surface area contributed by atoms with Gasteiger partial charge in [0.15, 0.2) is 11.5 Å². The zero-order chi connectivity index (χ0) is 22.9. The molecule has 0 bridgehead atoms. The Bertz CT molecular complexity index is 1120. The van der Waals surface area contributed by atoms with Crippen LogP contribution in [0.1, 0.15) is 29.2 Å². The quantitative estimate of drug-likeness (QED) is 0.189. The molecule has 0 aromatic heterocycles. The van der Waals surface area contributed by atoms with Crippen LogP contribution in [0.4, 0.5) is 5.69 Å². The van der Waals surface area contributed by atoms with Crippen molar-refractivity contribution in [3.05, 3.63) is 97.5 Å². The molecule has 0 saturated carbocycles. The Kier molecular flexibility index (Phi) is 8.21. The fourth-order valence-electron chi connectivity index (χ4n) is 2.99. The first-order valence-corrected chi connectivity index (χ1v) is 10.8. The molecule has 0 spiro atoms. The fraction of sp³-hybridized carbons (Fsp3) is 0.208. The summed E-state index contributed by atoms with van der Waals surface area (Å²) in [6, 6.07) is 18.1. The van der Waals surface area contributed by atoms with Crippen molar-refractivity contribution in [1.82, 2.24) is 0 Å². The number of oxime groups is 1. The fourth-order valence-corrected chi connectivity index (χ4v) is 3.57. The average molecular weight is 499 g/mol. The van der Waals surface area contributed by atoms with Gasteiger partial charge in [-0.15, -0.1) is 0 Å². The van der Waals surface area contributed by atoms with E-state index in [0.29, 0.717) is 30.3 Å². The minimum absolute atomic E-state index is 0.0154. The highest BCUT2D eigenvalue weighted by molar-refractivity contribution is 9.10. The first-order valence-electron chi connectivity index (χ1n) is 9.99. The van der Waals surface area contributed by atoms with Crippen molar-refractivity contribution in [1.29, 1.82) is 0 Å². The zero-order valence-corrected chi connectivity index (χ0v) is 19.4. The molecule has 0 N–H and O–H groups in total. The van der Waals surface area contributed by atoms with E-state index in [-0.39, 0.29) is 12.3 Å². The molecule has 0 radical (unpaired) electrons. The van der Waals surface area contributed by atoms with Crippen molar-refractivity contribution >= 4 is 27.8 Å². The van der Waals surface area contributed by atoms with Crippen molar-refractivity contribution in [3.63, 3.8) is 0 Å². The van der Waals surface area contributed by atoms with E-state index in [0.717, 1.165) is 15.6 Å². The van der Waals surface area contributed by atoms with Gasteiger partial charge in [-0.05, 0) is 53.0 Å². The number of hydrogen-bond donors (Lipinski definition) is 0. The number of rotatable bonds is 10. The number of hydrogen-bond acceptors (Lipinski definition) is 6. The third kappa shape index (κ3) is 6.55. The lowest BCUT2D eigenvalue weighted by atomic mass is 10.1. The molecule has 0 saturated heterocycles. The van der Waals surface area contributed by atoms with E-state index < -0.39 is 4.92 Å². The highest BCUT2D eigenvalue weighted by Gasteiger charge is 2.12. The Morgan fingerprint density at radius 1 is 1.03 bits per heavy atom. The number of non-ortho nitro benzene ring substituents is 1. The standard InChI is InChI=1S/C24H23BrN2O5/c1-3-30-23-13-20(14-26-32-16-19-8-5-9-21(11-19)27(28)29)12-22(25)24(23)31-15-18-7-4-6-17(2)10-18/h4-14H,3,15-16H2,1-2H3/b26-14-. The van der Waals surface area contributed by atoms with Crippen LogP contribution in [0.25, 0.3) is 0 Å². The molecule has 0 aliphatic carbocycles. The number of nitrogens with zero attached hydrogens (tertiary/aromatic N) is 2. The highest BCUT2D eigenvalue weighted by Crippen LogP contribution is 2.37. The second-order valence-electron chi connectivity index (χ2n) is 6.98. The smallest absolute Gasteiger partial charge is 0.269 e. The van der Waals surface area contributed by atoms with Crippen LogP contribution in [-0.2, 0) is 18.1 Å². The first kappa shape index (κ1) is 23.3. The molecule has 0 amide bonds. The van der Waals surface area contributed by atoms with Crippen LogP contribution in [0, 0.1) is 17.0 Å². The number of ether oxygens (including phenoxy) is 2. The van der Waals surface area contributed by atoms with Gasteiger partial charge >= 0.3 is 0 Å². The van der Waals surface area contributed by atoms with Gasteiger partial charge in [-0.3, -0.25) is 10.1 Å². The molecule has 0 aliphatic heterocycles. The molecule has 0 aliphatic rings. The van der Waals surface area contributed by atoms with Crippen LogP contribution in [0.5, 0.6) is 11.5 Å². The van der Waals surface area contributed by atoms with Crippen LogP contribution in [0.3, 0.4) is 0 Å². The normalized spacial score (nSPS) is 10.8. The summed E-state index contributed by atoms with van der Waals surface area (Å²) in [5, 5.41) is 14.8. The van der Waals surface area contributed by atoms with E-state index in [1.165, 1.54) is 17.7 Å². The maximum Gasteiger partial charge on any atom is 0.269 e. The van der Waals surface area contributed by atoms with Gasteiger partial charge in [-0.25, -0.2) is 0 Å². The van der Waals surface area contributed by atoms with Crippen molar-refractivity contribution in [2.75, 3.05) is 6.61 Å². The van der Waals surface area contributed by atoms with Crippen molar-refractivity contribution in [2.24, 2.45) is 5.16 Å². The topological polar surface area (TPSA) is 83.2 Å². The zero-order valence-electron chi connectivity index (χ0n) is 17.8. The van der Waals surface area contributed by atoms with Crippen LogP contribution in [-0.4, -0.2) is 17.7 Å². The van der Waals surface area contributed by atoms with E-state index in [1.807, 2.05) is 44.2 Å². The maximum absolute atomic E-state index is 10.9. The van der Waals surface area contributed by atoms with Crippen molar-refractivity contribution in [3.8, 4) is 11.5 Å². The van der Waals surface area contributed by atoms with Gasteiger partial charge in [-0.1, -0.05) is 47.1 Å². The van der Waals surface area contributed by atoms with Crippen molar-refractivity contribution < 1.29 is 19.2 Å². The Morgan fingerprint density at radius 2 is 1.78 bits per heavy atom. The lowest BCUT2D eigenvalue weighted by Gasteiger charge is -2.15. The summed E-state index contributed by atoms with van der Waals surface area (Å²) in [5.41, 5.74) is 3.67. The van der Waals surface area contributed by atoms with Crippen LogP contribution >= 0.6 is 15.9 Å². The number of halogens is 1. The lowest BCUT2D eigenvalue weighted by Crippen LogP contribution is -2.02. The summed E-state index contributed by atoms with van der Waals surface area (Å²) in [6.07, 6.45) is 1.55. The molecular weight excluding hydrogens is 476 g/mol. The van der Waals surface area contributed by atoms with Crippen LogP contribution < -0.4 is 9.47 Å². The molecule has 7 nitrogen and oxygen atoms in total. The van der Waals surface area contributed by atoms with Gasteiger partial charge < -0.3 is 14.3 Å². The molecule has 166 valence electrons. The SMILES string of the molecule is CCOc1cc(/C=N\OCc2cccc([N+](=O)[O-])c2)cc(Br)c1OCc1cccc(C)c1. The Hall–Kier alpha value is -3.39. The first-order chi connectivity index (χ1) is 15.5. The highest BCUT2D eigenvalue weighted by atomic mass is 79.9.